The highest BCUT2D eigenvalue weighted by molar-refractivity contribution is 7.90. The molecule has 1 unspecified atom stereocenters. The number of nitrogens with zero attached hydrogens (tertiary/aromatic N) is 2. The maximum Gasteiger partial charge on any atom is 0.248 e. The summed E-state index contributed by atoms with van der Waals surface area (Å²) in [4.78, 5) is 18.3. The molecule has 0 radical (unpaired) electrons. The first-order valence-corrected chi connectivity index (χ1v) is 22.8. The Kier molecular flexibility index (Phi) is 9.99. The van der Waals surface area contributed by atoms with Gasteiger partial charge < -0.3 is 19.2 Å². The van der Waals surface area contributed by atoms with Crippen LogP contribution in [0.3, 0.4) is 0 Å². The standard InChI is InChI=1S/C36H56F2N4O3SSi/c1-34(2,3)46(44)41-32(26-11-13-35(14-12-26)15-16-35)33-39-28-20-27(9-10-29(28)42(33)23-45-17-18-47(4,5)6)31(25-7-8-25)40-30(43)19-24-21-36(37,38)22-24/h9-10,20,24-26,31-32,41H,7-8,11-19,21-23H2,1-6H3,(H,40,43)/t31-,32+,46?/m1/s1. The topological polar surface area (TPSA) is 91.2 Å². The van der Waals surface area contributed by atoms with Crippen molar-refractivity contribution in [1.82, 2.24) is 19.6 Å². The first-order chi connectivity index (χ1) is 22.0. The molecule has 1 aromatic heterocycles. The maximum absolute atomic E-state index is 13.6. The Bertz CT molecular complexity index is 1410. The Morgan fingerprint density at radius 3 is 2.32 bits per heavy atom. The number of nitrogens with one attached hydrogen (secondary N) is 2. The first-order valence-electron chi connectivity index (χ1n) is 17.9. The molecule has 1 amide bonds. The number of carbonyl (C=O) groups excluding carboxylic acids is 1. The Morgan fingerprint density at radius 2 is 1.74 bits per heavy atom. The van der Waals surface area contributed by atoms with Gasteiger partial charge >= 0.3 is 0 Å². The number of carbonyl (C=O) groups is 1. The summed E-state index contributed by atoms with van der Waals surface area (Å²) in [7, 11) is -1.27. The van der Waals surface area contributed by atoms with Gasteiger partial charge in [-0.1, -0.05) is 25.7 Å². The molecule has 262 valence electrons. The van der Waals surface area contributed by atoms with Crippen molar-refractivity contribution in [1.29, 1.82) is 0 Å². The van der Waals surface area contributed by atoms with E-state index in [1.165, 1.54) is 25.7 Å². The summed E-state index contributed by atoms with van der Waals surface area (Å²) >= 11 is -1.28. The quantitative estimate of drug-likeness (QED) is 0.118. The van der Waals surface area contributed by atoms with Crippen LogP contribution in [0.1, 0.15) is 115 Å². The van der Waals surface area contributed by atoms with Crippen LogP contribution in [0.15, 0.2) is 18.2 Å². The largest absolute Gasteiger partial charge is 0.598 e. The first kappa shape index (κ1) is 35.3. The minimum Gasteiger partial charge on any atom is -0.598 e. The summed E-state index contributed by atoms with van der Waals surface area (Å²) < 4.78 is 52.1. The number of alkyl halides is 2. The number of imidazole rings is 1. The van der Waals surface area contributed by atoms with Gasteiger partial charge in [-0.3, -0.25) is 4.79 Å². The molecular formula is C36H56F2N4O3SSi. The van der Waals surface area contributed by atoms with Crippen LogP contribution in [0, 0.1) is 23.2 Å². The molecule has 1 heterocycles. The van der Waals surface area contributed by atoms with Crippen molar-refractivity contribution in [2.75, 3.05) is 6.61 Å². The number of amides is 1. The molecule has 0 aliphatic heterocycles. The lowest BCUT2D eigenvalue weighted by molar-refractivity contribution is -0.134. The van der Waals surface area contributed by atoms with Gasteiger partial charge in [-0.05, 0) is 119 Å². The van der Waals surface area contributed by atoms with E-state index in [0.717, 1.165) is 54.1 Å². The summed E-state index contributed by atoms with van der Waals surface area (Å²) in [6.07, 6.45) is 9.11. The number of halogens is 2. The van der Waals surface area contributed by atoms with Crippen LogP contribution in [0.4, 0.5) is 8.78 Å². The van der Waals surface area contributed by atoms with Gasteiger partial charge in [0.05, 0.1) is 17.1 Å². The summed E-state index contributed by atoms with van der Waals surface area (Å²) in [6.45, 7) is 14.1. The highest BCUT2D eigenvalue weighted by Gasteiger charge is 2.48. The molecule has 11 heteroatoms. The average Bonchev–Trinajstić information content (AvgIpc) is 3.90. The maximum atomic E-state index is 13.6. The normalized spacial score (nSPS) is 24.6. The number of fused-ring (bicyclic) bond motifs is 1. The number of hydrogen-bond donors (Lipinski definition) is 2. The van der Waals surface area contributed by atoms with E-state index in [1.807, 2.05) is 20.8 Å². The van der Waals surface area contributed by atoms with Crippen molar-refractivity contribution >= 4 is 36.4 Å². The molecule has 7 nitrogen and oxygen atoms in total. The summed E-state index contributed by atoms with van der Waals surface area (Å²) in [5, 5.41) is 3.20. The van der Waals surface area contributed by atoms with E-state index in [4.69, 9.17) is 9.72 Å². The lowest BCUT2D eigenvalue weighted by Crippen LogP contribution is -2.44. The minimum absolute atomic E-state index is 0.148. The van der Waals surface area contributed by atoms with Crippen LogP contribution in [0.25, 0.3) is 11.0 Å². The van der Waals surface area contributed by atoms with Crippen molar-refractivity contribution in [3.8, 4) is 0 Å². The van der Waals surface area contributed by atoms with Crippen LogP contribution in [0.5, 0.6) is 0 Å². The van der Waals surface area contributed by atoms with Crippen LogP contribution in [-0.4, -0.2) is 45.4 Å². The molecule has 4 aliphatic carbocycles. The molecule has 2 aromatic rings. The molecule has 0 bridgehead atoms. The van der Waals surface area contributed by atoms with E-state index in [1.54, 1.807) is 0 Å². The molecule has 3 atom stereocenters. The van der Waals surface area contributed by atoms with Gasteiger partial charge in [-0.25, -0.2) is 13.8 Å². The fourth-order valence-corrected chi connectivity index (χ4v) is 9.15. The molecular weight excluding hydrogens is 635 g/mol. The predicted octanol–water partition coefficient (Wildman–Crippen LogP) is 8.41. The van der Waals surface area contributed by atoms with Crippen molar-refractivity contribution in [2.24, 2.45) is 23.2 Å². The Labute approximate surface area is 284 Å². The zero-order valence-corrected chi connectivity index (χ0v) is 31.1. The summed E-state index contributed by atoms with van der Waals surface area (Å²) in [5.41, 5.74) is 3.35. The molecule has 4 saturated carbocycles. The van der Waals surface area contributed by atoms with Crippen molar-refractivity contribution in [3.05, 3.63) is 29.6 Å². The van der Waals surface area contributed by atoms with Crippen molar-refractivity contribution < 1.29 is 22.9 Å². The zero-order valence-electron chi connectivity index (χ0n) is 29.3. The van der Waals surface area contributed by atoms with Gasteiger partial charge in [0.25, 0.3) is 0 Å². The Morgan fingerprint density at radius 1 is 1.09 bits per heavy atom. The Balaban J connectivity index is 1.30. The van der Waals surface area contributed by atoms with E-state index in [-0.39, 0.29) is 43.2 Å². The second-order valence-corrected chi connectivity index (χ2v) is 25.1. The van der Waals surface area contributed by atoms with E-state index < -0.39 is 30.1 Å². The van der Waals surface area contributed by atoms with Crippen molar-refractivity contribution in [3.63, 3.8) is 0 Å². The fraction of sp³-hybridized carbons (Fsp3) is 0.778. The third kappa shape index (κ3) is 8.80. The van der Waals surface area contributed by atoms with E-state index in [9.17, 15) is 18.1 Å². The van der Waals surface area contributed by atoms with Crippen LogP contribution in [0.2, 0.25) is 25.7 Å². The number of rotatable bonds is 14. The number of benzene rings is 1. The van der Waals surface area contributed by atoms with Gasteiger partial charge in [-0.15, -0.1) is 4.72 Å². The van der Waals surface area contributed by atoms with E-state index in [0.29, 0.717) is 30.6 Å². The van der Waals surface area contributed by atoms with E-state index in [2.05, 4.69) is 52.4 Å². The number of ether oxygens (including phenoxy) is 1. The minimum atomic E-state index is -2.62. The third-order valence-corrected chi connectivity index (χ3v) is 14.3. The average molecular weight is 691 g/mol. The lowest BCUT2D eigenvalue weighted by atomic mass is 9.76. The smallest absolute Gasteiger partial charge is 0.248 e. The molecule has 1 aromatic carbocycles. The van der Waals surface area contributed by atoms with Gasteiger partial charge in [0.2, 0.25) is 11.8 Å². The SMILES string of the molecule is CC(C)(C)[S+]([O-])N[C@H](c1nc2cc([C@H](NC(=O)CC3CC(F)(F)C3)C3CC3)ccc2n1COCC[Si](C)(C)C)C1CCC2(CC1)CC2. The second-order valence-electron chi connectivity index (χ2n) is 17.5. The molecule has 2 N–H and O–H groups in total. The lowest BCUT2D eigenvalue weighted by Gasteiger charge is -2.36. The number of hydrogen-bond acceptors (Lipinski definition) is 5. The predicted molar refractivity (Wildman–Crippen MR) is 187 cm³/mol. The second kappa shape index (κ2) is 13.3. The van der Waals surface area contributed by atoms with Crippen molar-refractivity contribution in [2.45, 2.75) is 147 Å². The summed E-state index contributed by atoms with van der Waals surface area (Å²) in [6, 6.07) is 7.00. The molecule has 1 spiro atoms. The highest BCUT2D eigenvalue weighted by atomic mass is 32.2. The molecule has 6 rings (SSSR count). The van der Waals surface area contributed by atoms with Gasteiger partial charge in [0, 0.05) is 45.3 Å². The van der Waals surface area contributed by atoms with Crippen LogP contribution in [-0.2, 0) is 27.6 Å². The van der Waals surface area contributed by atoms with Gasteiger partial charge in [0.15, 0.2) is 0 Å². The van der Waals surface area contributed by atoms with Gasteiger partial charge in [0.1, 0.15) is 23.3 Å². The monoisotopic (exact) mass is 690 g/mol. The molecule has 47 heavy (non-hydrogen) atoms. The number of aromatic nitrogens is 2. The third-order valence-electron chi connectivity index (χ3n) is 11.0. The van der Waals surface area contributed by atoms with Crippen LogP contribution < -0.4 is 10.0 Å². The van der Waals surface area contributed by atoms with Gasteiger partial charge in [-0.2, -0.15) is 0 Å². The van der Waals surface area contributed by atoms with Crippen LogP contribution >= 0.6 is 0 Å². The Hall–Kier alpha value is -1.53. The highest BCUT2D eigenvalue weighted by Crippen LogP contribution is 2.58. The zero-order chi connectivity index (χ0) is 33.8. The van der Waals surface area contributed by atoms with E-state index >= 15 is 0 Å². The molecule has 0 saturated heterocycles. The summed E-state index contributed by atoms with van der Waals surface area (Å²) in [5.74, 6) is -1.48. The molecule has 4 fully saturated rings. The molecule has 4 aliphatic rings. The fourth-order valence-electron chi connectivity index (χ4n) is 7.51.